The number of allylic oxidation sites excluding steroid dienone is 1. The predicted molar refractivity (Wildman–Crippen MR) is 74.7 cm³/mol. The Kier molecular flexibility index (Phi) is 4.88. The van der Waals surface area contributed by atoms with Gasteiger partial charge in [0, 0.05) is 6.20 Å². The number of para-hydroxylation sites is 1. The zero-order valence-corrected chi connectivity index (χ0v) is 11.4. The monoisotopic (exact) mass is 298 g/mol. The number of benzene rings is 1. The second-order valence-corrected chi connectivity index (χ2v) is 5.05. The molecule has 0 bridgehead atoms. The summed E-state index contributed by atoms with van der Waals surface area (Å²) < 4.78 is 38.3. The van der Waals surface area contributed by atoms with E-state index in [1.807, 2.05) is 6.08 Å². The van der Waals surface area contributed by atoms with Crippen LogP contribution in [0.15, 0.2) is 36.5 Å². The van der Waals surface area contributed by atoms with E-state index in [0.29, 0.717) is 5.92 Å². The average molecular weight is 298 g/mol. The van der Waals surface area contributed by atoms with E-state index >= 15 is 0 Å². The zero-order chi connectivity index (χ0) is 15.3. The molecule has 1 fully saturated rings. The fourth-order valence-corrected chi connectivity index (χ4v) is 2.41. The third kappa shape index (κ3) is 4.51. The lowest BCUT2D eigenvalue weighted by molar-refractivity contribution is -0.136. The SMILES string of the molecule is O=C(N/C=C/C1CCCC1)Nc1ccccc1C(F)(F)F. The molecule has 6 heteroatoms. The normalized spacial score (nSPS) is 16.3. The molecule has 0 atom stereocenters. The molecule has 0 heterocycles. The second-order valence-electron chi connectivity index (χ2n) is 5.05. The third-order valence-corrected chi connectivity index (χ3v) is 3.46. The van der Waals surface area contributed by atoms with E-state index in [1.165, 1.54) is 37.2 Å². The van der Waals surface area contributed by atoms with E-state index in [4.69, 9.17) is 0 Å². The largest absolute Gasteiger partial charge is 0.418 e. The van der Waals surface area contributed by atoms with Gasteiger partial charge in [-0.3, -0.25) is 0 Å². The maximum atomic E-state index is 12.8. The van der Waals surface area contributed by atoms with Crippen molar-refractivity contribution in [1.82, 2.24) is 5.32 Å². The second kappa shape index (κ2) is 6.65. The van der Waals surface area contributed by atoms with Crippen molar-refractivity contribution in [2.75, 3.05) is 5.32 Å². The maximum Gasteiger partial charge on any atom is 0.418 e. The Balaban J connectivity index is 1.93. The average Bonchev–Trinajstić information content (AvgIpc) is 2.91. The summed E-state index contributed by atoms with van der Waals surface area (Å²) in [6.07, 6.45) is 3.45. The molecule has 0 aliphatic heterocycles. The van der Waals surface area contributed by atoms with Crippen molar-refractivity contribution >= 4 is 11.7 Å². The number of carbonyl (C=O) groups excluding carboxylic acids is 1. The molecule has 1 saturated carbocycles. The smallest absolute Gasteiger partial charge is 0.315 e. The highest BCUT2D eigenvalue weighted by Gasteiger charge is 2.33. The lowest BCUT2D eigenvalue weighted by Crippen LogP contribution is -2.25. The Hall–Kier alpha value is -1.98. The number of anilines is 1. The van der Waals surface area contributed by atoms with E-state index in [0.717, 1.165) is 18.9 Å². The molecule has 1 aliphatic rings. The van der Waals surface area contributed by atoms with Gasteiger partial charge >= 0.3 is 12.2 Å². The summed E-state index contributed by atoms with van der Waals surface area (Å²) in [5.74, 6) is 0.452. The van der Waals surface area contributed by atoms with E-state index in [9.17, 15) is 18.0 Å². The van der Waals surface area contributed by atoms with Crippen LogP contribution in [-0.4, -0.2) is 6.03 Å². The van der Waals surface area contributed by atoms with Crippen LogP contribution >= 0.6 is 0 Å². The summed E-state index contributed by atoms with van der Waals surface area (Å²) in [5, 5.41) is 4.66. The predicted octanol–water partition coefficient (Wildman–Crippen LogP) is 4.53. The first kappa shape index (κ1) is 15.4. The first-order valence-electron chi connectivity index (χ1n) is 6.87. The van der Waals surface area contributed by atoms with Crippen LogP contribution in [0.2, 0.25) is 0 Å². The number of hydrogen-bond acceptors (Lipinski definition) is 1. The number of nitrogens with one attached hydrogen (secondary N) is 2. The summed E-state index contributed by atoms with van der Waals surface area (Å²) in [5.41, 5.74) is -1.11. The minimum Gasteiger partial charge on any atom is -0.315 e. The first-order chi connectivity index (χ1) is 9.97. The maximum absolute atomic E-state index is 12.8. The molecule has 0 unspecified atom stereocenters. The van der Waals surface area contributed by atoms with Gasteiger partial charge in [0.2, 0.25) is 0 Å². The minimum atomic E-state index is -4.50. The van der Waals surface area contributed by atoms with Crippen molar-refractivity contribution in [1.29, 1.82) is 0 Å². The number of halogens is 3. The van der Waals surface area contributed by atoms with Crippen LogP contribution in [-0.2, 0) is 6.18 Å². The van der Waals surface area contributed by atoms with Crippen LogP contribution in [0, 0.1) is 5.92 Å². The van der Waals surface area contributed by atoms with Gasteiger partial charge in [0.15, 0.2) is 0 Å². The molecule has 1 aliphatic carbocycles. The van der Waals surface area contributed by atoms with Crippen molar-refractivity contribution in [3.8, 4) is 0 Å². The fraction of sp³-hybridized carbons (Fsp3) is 0.400. The highest BCUT2D eigenvalue weighted by atomic mass is 19.4. The van der Waals surface area contributed by atoms with Gasteiger partial charge in [0.25, 0.3) is 0 Å². The Labute approximate surface area is 121 Å². The van der Waals surface area contributed by atoms with Crippen molar-refractivity contribution in [2.45, 2.75) is 31.9 Å². The van der Waals surface area contributed by atoms with E-state index in [1.54, 1.807) is 0 Å². The molecule has 2 amide bonds. The Morgan fingerprint density at radius 3 is 2.52 bits per heavy atom. The number of urea groups is 1. The molecule has 0 radical (unpaired) electrons. The molecule has 1 aromatic rings. The Bertz CT molecular complexity index is 520. The standard InChI is InChI=1S/C15H17F3N2O/c16-15(17,18)12-7-3-4-8-13(12)20-14(21)19-10-9-11-5-1-2-6-11/h3-4,7-11H,1-2,5-6H2,(H2,19,20,21)/b10-9+. The summed E-state index contributed by atoms with van der Waals surface area (Å²) in [4.78, 5) is 11.6. The van der Waals surface area contributed by atoms with Crippen LogP contribution in [0.3, 0.4) is 0 Å². The van der Waals surface area contributed by atoms with Crippen LogP contribution in [0.5, 0.6) is 0 Å². The number of alkyl halides is 3. The quantitative estimate of drug-likeness (QED) is 0.845. The molecular weight excluding hydrogens is 281 g/mol. The summed E-state index contributed by atoms with van der Waals surface area (Å²) in [7, 11) is 0. The molecule has 2 N–H and O–H groups in total. The molecule has 21 heavy (non-hydrogen) atoms. The van der Waals surface area contributed by atoms with Crippen molar-refractivity contribution in [3.63, 3.8) is 0 Å². The Morgan fingerprint density at radius 1 is 1.19 bits per heavy atom. The molecule has 2 rings (SSSR count). The van der Waals surface area contributed by atoms with Crippen LogP contribution in [0.1, 0.15) is 31.2 Å². The molecule has 114 valence electrons. The van der Waals surface area contributed by atoms with Gasteiger partial charge < -0.3 is 10.6 Å². The third-order valence-electron chi connectivity index (χ3n) is 3.46. The van der Waals surface area contributed by atoms with E-state index in [-0.39, 0.29) is 5.69 Å². The lowest BCUT2D eigenvalue weighted by atomic mass is 10.1. The Morgan fingerprint density at radius 2 is 1.86 bits per heavy atom. The number of rotatable bonds is 3. The van der Waals surface area contributed by atoms with Gasteiger partial charge in [-0.05, 0) is 30.9 Å². The fourth-order valence-electron chi connectivity index (χ4n) is 2.41. The van der Waals surface area contributed by atoms with Gasteiger partial charge in [0.05, 0.1) is 11.3 Å². The van der Waals surface area contributed by atoms with Crippen LogP contribution < -0.4 is 10.6 Å². The molecule has 3 nitrogen and oxygen atoms in total. The van der Waals surface area contributed by atoms with Gasteiger partial charge in [-0.15, -0.1) is 0 Å². The van der Waals surface area contributed by atoms with Crippen molar-refractivity contribution in [3.05, 3.63) is 42.1 Å². The van der Waals surface area contributed by atoms with Gasteiger partial charge in [0.1, 0.15) is 0 Å². The van der Waals surface area contributed by atoms with Gasteiger partial charge in [-0.1, -0.05) is 31.1 Å². The molecule has 0 aromatic heterocycles. The summed E-state index contributed by atoms with van der Waals surface area (Å²) in [6.45, 7) is 0. The van der Waals surface area contributed by atoms with E-state index < -0.39 is 17.8 Å². The van der Waals surface area contributed by atoms with Crippen molar-refractivity contribution < 1.29 is 18.0 Å². The molecule has 1 aromatic carbocycles. The molecular formula is C15H17F3N2O. The first-order valence-corrected chi connectivity index (χ1v) is 6.87. The van der Waals surface area contributed by atoms with E-state index in [2.05, 4.69) is 10.6 Å². The van der Waals surface area contributed by atoms with Gasteiger partial charge in [-0.2, -0.15) is 13.2 Å². The molecule has 0 saturated heterocycles. The zero-order valence-electron chi connectivity index (χ0n) is 11.4. The van der Waals surface area contributed by atoms with Crippen LogP contribution in [0.4, 0.5) is 23.7 Å². The van der Waals surface area contributed by atoms with Crippen LogP contribution in [0.25, 0.3) is 0 Å². The summed E-state index contributed by atoms with van der Waals surface area (Å²) in [6, 6.07) is 4.21. The minimum absolute atomic E-state index is 0.253. The number of carbonyl (C=O) groups is 1. The van der Waals surface area contributed by atoms with Crippen molar-refractivity contribution in [2.24, 2.45) is 5.92 Å². The lowest BCUT2D eigenvalue weighted by Gasteiger charge is -2.13. The highest BCUT2D eigenvalue weighted by Crippen LogP contribution is 2.34. The van der Waals surface area contributed by atoms with Gasteiger partial charge in [-0.25, -0.2) is 4.79 Å². The number of hydrogen-bond donors (Lipinski definition) is 2. The summed E-state index contributed by atoms with van der Waals surface area (Å²) >= 11 is 0. The number of amides is 2. The molecule has 0 spiro atoms. The highest BCUT2D eigenvalue weighted by molar-refractivity contribution is 5.90. The topological polar surface area (TPSA) is 41.1 Å².